The number of hydrogen-bond donors (Lipinski definition) is 1. The summed E-state index contributed by atoms with van der Waals surface area (Å²) < 4.78 is 18.9. The average molecular weight is 281 g/mol. The zero-order valence-corrected chi connectivity index (χ0v) is 11.5. The Labute approximate surface area is 116 Å². The van der Waals surface area contributed by atoms with Gasteiger partial charge in [-0.25, -0.2) is 0 Å². The van der Waals surface area contributed by atoms with Gasteiger partial charge in [0.15, 0.2) is 0 Å². The van der Waals surface area contributed by atoms with E-state index in [0.717, 1.165) is 12.1 Å². The molecule has 2 unspecified atom stereocenters. The van der Waals surface area contributed by atoms with Crippen molar-refractivity contribution in [2.24, 2.45) is 0 Å². The van der Waals surface area contributed by atoms with Crippen LogP contribution in [0.2, 0.25) is 0 Å². The molecule has 0 aromatic heterocycles. The summed E-state index contributed by atoms with van der Waals surface area (Å²) in [6.45, 7) is 3.47. The Morgan fingerprint density at radius 1 is 1.65 bits per heavy atom. The summed E-state index contributed by atoms with van der Waals surface area (Å²) in [5, 5.41) is 22.4. The third-order valence-corrected chi connectivity index (χ3v) is 2.95. The molecule has 1 aromatic rings. The fraction of sp³-hybridized carbons (Fsp3) is 0.462. The lowest BCUT2D eigenvalue weighted by Crippen LogP contribution is -2.41. The Kier molecular flexibility index (Phi) is 5.00. The number of rotatable bonds is 6. The second kappa shape index (κ2) is 6.30. The van der Waals surface area contributed by atoms with Crippen LogP contribution in [0.15, 0.2) is 18.2 Å². The molecule has 1 rings (SSSR count). The lowest BCUT2D eigenvalue weighted by molar-refractivity contribution is -0.387. The third kappa shape index (κ3) is 3.90. The van der Waals surface area contributed by atoms with Crippen LogP contribution in [0.3, 0.4) is 0 Å². The lowest BCUT2D eigenvalue weighted by Gasteiger charge is -2.25. The second-order valence-electron chi connectivity index (χ2n) is 4.70. The number of nitrogens with zero attached hydrogens (tertiary/aromatic N) is 2. The van der Waals surface area contributed by atoms with Gasteiger partial charge >= 0.3 is 5.69 Å². The number of nitro groups is 1. The molecule has 0 fully saturated rings. The third-order valence-electron chi connectivity index (χ3n) is 2.95. The van der Waals surface area contributed by atoms with E-state index < -0.39 is 22.0 Å². The number of nitro benzene ring substituents is 1. The van der Waals surface area contributed by atoms with Crippen LogP contribution >= 0.6 is 0 Å². The molecule has 0 amide bonds. The molecular formula is C13H16FN3O3. The quantitative estimate of drug-likeness (QED) is 0.639. The zero-order chi connectivity index (χ0) is 15.3. The fourth-order valence-corrected chi connectivity index (χ4v) is 1.76. The van der Waals surface area contributed by atoms with E-state index in [1.54, 1.807) is 20.9 Å². The standard InChI is InChI=1S/C13H16FN3O3/c1-9(7-13(2,8-15)16-3)20-10-4-5-12(17(18)19)11(14)6-10/h4-6,9,16H,7H2,1-3H3. The highest BCUT2D eigenvalue weighted by Gasteiger charge is 2.25. The van der Waals surface area contributed by atoms with Crippen LogP contribution in [0.5, 0.6) is 5.75 Å². The van der Waals surface area contributed by atoms with E-state index in [1.807, 2.05) is 0 Å². The van der Waals surface area contributed by atoms with E-state index in [0.29, 0.717) is 6.42 Å². The fourth-order valence-electron chi connectivity index (χ4n) is 1.76. The number of nitriles is 1. The van der Waals surface area contributed by atoms with Gasteiger partial charge in [-0.3, -0.25) is 10.1 Å². The highest BCUT2D eigenvalue weighted by atomic mass is 19.1. The zero-order valence-electron chi connectivity index (χ0n) is 11.5. The summed E-state index contributed by atoms with van der Waals surface area (Å²) in [6, 6.07) is 5.48. The normalized spacial score (nSPS) is 14.9. The molecule has 0 aliphatic heterocycles. The molecule has 0 saturated carbocycles. The van der Waals surface area contributed by atoms with Crippen molar-refractivity contribution in [1.29, 1.82) is 5.26 Å². The van der Waals surface area contributed by atoms with Crippen molar-refractivity contribution in [1.82, 2.24) is 5.32 Å². The van der Waals surface area contributed by atoms with E-state index in [2.05, 4.69) is 11.4 Å². The van der Waals surface area contributed by atoms with E-state index in [1.165, 1.54) is 6.07 Å². The largest absolute Gasteiger partial charge is 0.491 e. The molecule has 0 saturated heterocycles. The summed E-state index contributed by atoms with van der Waals surface area (Å²) in [5.41, 5.74) is -1.35. The number of hydrogen-bond acceptors (Lipinski definition) is 5. The van der Waals surface area contributed by atoms with Gasteiger partial charge < -0.3 is 10.1 Å². The molecule has 0 bridgehead atoms. The predicted molar refractivity (Wildman–Crippen MR) is 70.8 cm³/mol. The van der Waals surface area contributed by atoms with Crippen LogP contribution in [0.1, 0.15) is 20.3 Å². The number of nitrogens with one attached hydrogen (secondary N) is 1. The Morgan fingerprint density at radius 2 is 2.30 bits per heavy atom. The lowest BCUT2D eigenvalue weighted by atomic mass is 9.97. The topological polar surface area (TPSA) is 88.2 Å². The summed E-state index contributed by atoms with van der Waals surface area (Å²) in [5.74, 6) is -0.756. The minimum Gasteiger partial charge on any atom is -0.491 e. The van der Waals surface area contributed by atoms with E-state index in [9.17, 15) is 14.5 Å². The highest BCUT2D eigenvalue weighted by molar-refractivity contribution is 5.38. The first-order valence-corrected chi connectivity index (χ1v) is 6.02. The molecule has 7 heteroatoms. The van der Waals surface area contributed by atoms with Crippen LogP contribution in [-0.4, -0.2) is 23.6 Å². The smallest absolute Gasteiger partial charge is 0.305 e. The Morgan fingerprint density at radius 3 is 2.75 bits per heavy atom. The maximum Gasteiger partial charge on any atom is 0.305 e. The van der Waals surface area contributed by atoms with Gasteiger partial charge in [-0.1, -0.05) is 0 Å². The van der Waals surface area contributed by atoms with Crippen molar-refractivity contribution in [2.45, 2.75) is 31.9 Å². The summed E-state index contributed by atoms with van der Waals surface area (Å²) in [6.07, 6.45) is 0.0338. The van der Waals surface area contributed by atoms with Gasteiger partial charge in [0.1, 0.15) is 11.3 Å². The average Bonchev–Trinajstić information content (AvgIpc) is 2.38. The second-order valence-corrected chi connectivity index (χ2v) is 4.70. The molecule has 0 heterocycles. The maximum atomic E-state index is 13.4. The molecule has 1 N–H and O–H groups in total. The molecule has 0 radical (unpaired) electrons. The Hall–Kier alpha value is -2.20. The Bertz CT molecular complexity index is 544. The summed E-state index contributed by atoms with van der Waals surface area (Å²) >= 11 is 0. The molecule has 0 spiro atoms. The Balaban J connectivity index is 2.77. The van der Waals surface area contributed by atoms with Gasteiger partial charge in [0, 0.05) is 18.6 Å². The molecule has 6 nitrogen and oxygen atoms in total. The first-order chi connectivity index (χ1) is 9.31. The van der Waals surface area contributed by atoms with E-state index in [4.69, 9.17) is 10.00 Å². The van der Waals surface area contributed by atoms with Crippen LogP contribution in [0, 0.1) is 27.3 Å². The van der Waals surface area contributed by atoms with Crippen molar-refractivity contribution >= 4 is 5.69 Å². The molecule has 20 heavy (non-hydrogen) atoms. The van der Waals surface area contributed by atoms with Gasteiger partial charge in [0.05, 0.1) is 17.1 Å². The van der Waals surface area contributed by atoms with Gasteiger partial charge in [0.2, 0.25) is 5.82 Å². The van der Waals surface area contributed by atoms with Gasteiger partial charge in [-0.2, -0.15) is 9.65 Å². The first kappa shape index (κ1) is 15.9. The van der Waals surface area contributed by atoms with Crippen LogP contribution in [0.25, 0.3) is 0 Å². The SMILES string of the molecule is CNC(C)(C#N)CC(C)Oc1ccc([N+](=O)[O-])c(F)c1. The monoisotopic (exact) mass is 281 g/mol. The number of ether oxygens (including phenoxy) is 1. The van der Waals surface area contributed by atoms with Crippen molar-refractivity contribution < 1.29 is 14.1 Å². The summed E-state index contributed by atoms with van der Waals surface area (Å²) in [7, 11) is 1.67. The minimum atomic E-state index is -0.948. The van der Waals surface area contributed by atoms with Crippen molar-refractivity contribution in [3.8, 4) is 11.8 Å². The van der Waals surface area contributed by atoms with E-state index in [-0.39, 0.29) is 11.9 Å². The predicted octanol–water partition coefficient (Wildman–Crippen LogP) is 2.39. The molecule has 2 atom stereocenters. The molecular weight excluding hydrogens is 265 g/mol. The molecule has 0 aliphatic rings. The van der Waals surface area contributed by atoms with Crippen molar-refractivity contribution in [3.63, 3.8) is 0 Å². The molecule has 1 aromatic carbocycles. The van der Waals surface area contributed by atoms with Crippen LogP contribution in [-0.2, 0) is 0 Å². The molecule has 108 valence electrons. The molecule has 0 aliphatic carbocycles. The van der Waals surface area contributed by atoms with Crippen molar-refractivity contribution in [3.05, 3.63) is 34.1 Å². The van der Waals surface area contributed by atoms with Crippen molar-refractivity contribution in [2.75, 3.05) is 7.05 Å². The van der Waals surface area contributed by atoms with Gasteiger partial charge in [-0.15, -0.1) is 0 Å². The van der Waals surface area contributed by atoms with Crippen LogP contribution < -0.4 is 10.1 Å². The first-order valence-electron chi connectivity index (χ1n) is 6.02. The van der Waals surface area contributed by atoms with Gasteiger partial charge in [-0.05, 0) is 27.0 Å². The van der Waals surface area contributed by atoms with E-state index >= 15 is 0 Å². The number of benzene rings is 1. The summed E-state index contributed by atoms with van der Waals surface area (Å²) in [4.78, 5) is 9.71. The number of halogens is 1. The minimum absolute atomic E-state index is 0.192. The van der Waals surface area contributed by atoms with Crippen LogP contribution in [0.4, 0.5) is 10.1 Å². The maximum absolute atomic E-state index is 13.4. The van der Waals surface area contributed by atoms with Gasteiger partial charge in [0.25, 0.3) is 0 Å². The highest BCUT2D eigenvalue weighted by Crippen LogP contribution is 2.24.